The summed E-state index contributed by atoms with van der Waals surface area (Å²) in [6.07, 6.45) is 2.87. The molecule has 0 aromatic heterocycles. The second kappa shape index (κ2) is 7.60. The molecule has 1 amide bonds. The Kier molecular flexibility index (Phi) is 5.80. The van der Waals surface area contributed by atoms with Crippen LogP contribution in [0.2, 0.25) is 0 Å². The minimum Gasteiger partial charge on any atom is -0.337 e. The molecule has 0 spiro atoms. The molecule has 1 fully saturated rings. The van der Waals surface area contributed by atoms with Crippen LogP contribution >= 0.6 is 0 Å². The van der Waals surface area contributed by atoms with E-state index in [2.05, 4.69) is 55.3 Å². The first-order valence-corrected chi connectivity index (χ1v) is 8.23. The molecule has 0 aliphatic carbocycles. The van der Waals surface area contributed by atoms with Crippen LogP contribution in [0.5, 0.6) is 0 Å². The van der Waals surface area contributed by atoms with Crippen molar-refractivity contribution in [2.75, 3.05) is 13.1 Å². The van der Waals surface area contributed by atoms with E-state index in [4.69, 9.17) is 0 Å². The topological polar surface area (TPSA) is 32.3 Å². The molecule has 0 radical (unpaired) electrons. The van der Waals surface area contributed by atoms with Crippen molar-refractivity contribution in [1.29, 1.82) is 0 Å². The van der Waals surface area contributed by atoms with E-state index in [1.807, 2.05) is 6.07 Å². The van der Waals surface area contributed by atoms with Gasteiger partial charge < -0.3 is 10.2 Å². The SMILES string of the molecule is CCC(CC)C(=O)N1CC(Cc2ccccc2)NCC1C. The van der Waals surface area contributed by atoms with Crippen molar-refractivity contribution in [1.82, 2.24) is 10.2 Å². The number of nitrogens with one attached hydrogen (secondary N) is 1. The quantitative estimate of drug-likeness (QED) is 0.903. The van der Waals surface area contributed by atoms with Crippen molar-refractivity contribution < 1.29 is 4.79 Å². The van der Waals surface area contributed by atoms with Gasteiger partial charge in [0.15, 0.2) is 0 Å². The molecule has 3 heteroatoms. The summed E-state index contributed by atoms with van der Waals surface area (Å²) in [6, 6.07) is 11.2. The lowest BCUT2D eigenvalue weighted by molar-refractivity contribution is -0.139. The minimum atomic E-state index is 0.183. The van der Waals surface area contributed by atoms with Crippen LogP contribution in [0, 0.1) is 5.92 Å². The van der Waals surface area contributed by atoms with Gasteiger partial charge in [0.05, 0.1) is 0 Å². The van der Waals surface area contributed by atoms with Crippen molar-refractivity contribution in [3.05, 3.63) is 35.9 Å². The Bertz CT molecular complexity index is 442. The average Bonchev–Trinajstić information content (AvgIpc) is 2.51. The maximum Gasteiger partial charge on any atom is 0.225 e. The number of rotatable bonds is 5. The molecule has 2 unspecified atom stereocenters. The number of hydrogen-bond donors (Lipinski definition) is 1. The lowest BCUT2D eigenvalue weighted by Crippen LogP contribution is -2.58. The van der Waals surface area contributed by atoms with Crippen molar-refractivity contribution in [3.63, 3.8) is 0 Å². The number of benzene rings is 1. The van der Waals surface area contributed by atoms with E-state index >= 15 is 0 Å². The first-order chi connectivity index (χ1) is 10.2. The van der Waals surface area contributed by atoms with Gasteiger partial charge in [0.2, 0.25) is 5.91 Å². The van der Waals surface area contributed by atoms with Gasteiger partial charge in [0, 0.05) is 31.1 Å². The zero-order chi connectivity index (χ0) is 15.2. The molecule has 0 bridgehead atoms. The number of amides is 1. The minimum absolute atomic E-state index is 0.183. The molecule has 3 nitrogen and oxygen atoms in total. The largest absolute Gasteiger partial charge is 0.337 e. The van der Waals surface area contributed by atoms with Crippen LogP contribution in [0.25, 0.3) is 0 Å². The predicted molar refractivity (Wildman–Crippen MR) is 87.2 cm³/mol. The number of hydrogen-bond acceptors (Lipinski definition) is 2. The van der Waals surface area contributed by atoms with Crippen molar-refractivity contribution in [2.24, 2.45) is 5.92 Å². The second-order valence-corrected chi connectivity index (χ2v) is 6.15. The lowest BCUT2D eigenvalue weighted by Gasteiger charge is -2.40. The molecule has 2 atom stereocenters. The van der Waals surface area contributed by atoms with Gasteiger partial charge in [-0.25, -0.2) is 0 Å². The summed E-state index contributed by atoms with van der Waals surface area (Å²) < 4.78 is 0. The molecule has 1 aliphatic rings. The molecular formula is C18H28N2O. The molecule has 0 saturated carbocycles. The predicted octanol–water partition coefficient (Wildman–Crippen LogP) is 2.85. The van der Waals surface area contributed by atoms with E-state index in [1.54, 1.807) is 0 Å². The third-order valence-electron chi connectivity index (χ3n) is 4.59. The molecule has 1 saturated heterocycles. The van der Waals surface area contributed by atoms with E-state index in [0.29, 0.717) is 18.0 Å². The van der Waals surface area contributed by atoms with Crippen LogP contribution in [0.15, 0.2) is 30.3 Å². The molecule has 116 valence electrons. The van der Waals surface area contributed by atoms with Gasteiger partial charge in [0.25, 0.3) is 0 Å². The molecule has 21 heavy (non-hydrogen) atoms. The Hall–Kier alpha value is -1.35. The van der Waals surface area contributed by atoms with Gasteiger partial charge in [-0.2, -0.15) is 0 Å². The summed E-state index contributed by atoms with van der Waals surface area (Å²) in [4.78, 5) is 14.8. The zero-order valence-corrected chi connectivity index (χ0v) is 13.5. The number of piperazine rings is 1. The Morgan fingerprint density at radius 3 is 2.57 bits per heavy atom. The van der Waals surface area contributed by atoms with E-state index < -0.39 is 0 Å². The molecule has 2 rings (SSSR count). The van der Waals surface area contributed by atoms with Crippen molar-refractivity contribution >= 4 is 5.91 Å². The van der Waals surface area contributed by atoms with Gasteiger partial charge in [-0.15, -0.1) is 0 Å². The highest BCUT2D eigenvalue weighted by atomic mass is 16.2. The highest BCUT2D eigenvalue weighted by Gasteiger charge is 2.31. The number of carbonyl (C=O) groups is 1. The fraction of sp³-hybridized carbons (Fsp3) is 0.611. The Morgan fingerprint density at radius 2 is 1.95 bits per heavy atom. The molecule has 1 aromatic carbocycles. The second-order valence-electron chi connectivity index (χ2n) is 6.15. The summed E-state index contributed by atoms with van der Waals surface area (Å²) in [5.74, 6) is 0.523. The summed E-state index contributed by atoms with van der Waals surface area (Å²) in [5, 5.41) is 3.58. The first kappa shape index (κ1) is 16.0. The van der Waals surface area contributed by atoms with Crippen molar-refractivity contribution in [2.45, 2.75) is 52.1 Å². The fourth-order valence-corrected chi connectivity index (χ4v) is 3.14. The van der Waals surface area contributed by atoms with Crippen LogP contribution < -0.4 is 5.32 Å². The van der Waals surface area contributed by atoms with Crippen LogP contribution in [-0.4, -0.2) is 36.0 Å². The highest BCUT2D eigenvalue weighted by Crippen LogP contribution is 2.18. The Labute approximate surface area is 128 Å². The lowest BCUT2D eigenvalue weighted by atomic mass is 9.97. The smallest absolute Gasteiger partial charge is 0.225 e. The van der Waals surface area contributed by atoms with E-state index in [9.17, 15) is 4.79 Å². The molecule has 1 heterocycles. The van der Waals surface area contributed by atoms with E-state index in [0.717, 1.165) is 32.4 Å². The standard InChI is InChI=1S/C18H28N2O/c1-4-16(5-2)18(21)20-13-17(19-12-14(20)3)11-15-9-7-6-8-10-15/h6-10,14,16-17,19H,4-5,11-13H2,1-3H3. The molecule has 1 aromatic rings. The van der Waals surface area contributed by atoms with Crippen LogP contribution in [-0.2, 0) is 11.2 Å². The summed E-state index contributed by atoms with van der Waals surface area (Å²) >= 11 is 0. The maximum atomic E-state index is 12.7. The van der Waals surface area contributed by atoms with Crippen LogP contribution in [0.4, 0.5) is 0 Å². The highest BCUT2D eigenvalue weighted by molar-refractivity contribution is 5.79. The monoisotopic (exact) mass is 288 g/mol. The average molecular weight is 288 g/mol. The third-order valence-corrected chi connectivity index (χ3v) is 4.59. The van der Waals surface area contributed by atoms with Gasteiger partial charge in [-0.1, -0.05) is 44.2 Å². The summed E-state index contributed by atoms with van der Waals surface area (Å²) in [7, 11) is 0. The van der Waals surface area contributed by atoms with Crippen LogP contribution in [0.1, 0.15) is 39.2 Å². The van der Waals surface area contributed by atoms with Crippen LogP contribution in [0.3, 0.4) is 0 Å². The normalized spacial score (nSPS) is 22.6. The van der Waals surface area contributed by atoms with E-state index in [-0.39, 0.29) is 5.92 Å². The number of nitrogens with zero attached hydrogens (tertiary/aromatic N) is 1. The van der Waals surface area contributed by atoms with Gasteiger partial charge in [0.1, 0.15) is 0 Å². The number of carbonyl (C=O) groups excluding carboxylic acids is 1. The maximum absolute atomic E-state index is 12.7. The van der Waals surface area contributed by atoms with E-state index in [1.165, 1.54) is 5.56 Å². The van der Waals surface area contributed by atoms with Crippen molar-refractivity contribution in [3.8, 4) is 0 Å². The molecular weight excluding hydrogens is 260 g/mol. The summed E-state index contributed by atoms with van der Waals surface area (Å²) in [6.45, 7) is 8.08. The Morgan fingerprint density at radius 1 is 1.29 bits per heavy atom. The Balaban J connectivity index is 2.00. The molecule has 1 aliphatic heterocycles. The van der Waals surface area contributed by atoms with Gasteiger partial charge >= 0.3 is 0 Å². The zero-order valence-electron chi connectivity index (χ0n) is 13.5. The fourth-order valence-electron chi connectivity index (χ4n) is 3.14. The van der Waals surface area contributed by atoms with Gasteiger partial charge in [-0.3, -0.25) is 4.79 Å². The first-order valence-electron chi connectivity index (χ1n) is 8.23. The molecule has 1 N–H and O–H groups in total. The van der Waals surface area contributed by atoms with Gasteiger partial charge in [-0.05, 0) is 31.7 Å². The summed E-state index contributed by atoms with van der Waals surface area (Å²) in [5.41, 5.74) is 1.33. The third kappa shape index (κ3) is 4.07.